The van der Waals surface area contributed by atoms with Gasteiger partial charge in [0.05, 0.1) is 0 Å². The third kappa shape index (κ3) is 5.05. The van der Waals surface area contributed by atoms with E-state index in [2.05, 4.69) is 103 Å². The summed E-state index contributed by atoms with van der Waals surface area (Å²) in [6.45, 7) is 0. The van der Waals surface area contributed by atoms with E-state index in [-0.39, 0.29) is 14.5 Å². The molecule has 0 saturated heterocycles. The minimum Gasteiger partial charge on any atom is -0.0615 e. The SMILES string of the molecule is c1ccc(-c2nc(-c3ccccc3)nc(-c3cccc(-c4cc(-c5cccc6c5[se]c5ccccc56)c5ccccc5c4)c3)n2)cc1. The van der Waals surface area contributed by atoms with E-state index >= 15 is 0 Å². The second kappa shape index (κ2) is 11.6. The van der Waals surface area contributed by atoms with Crippen LogP contribution in [0.4, 0.5) is 0 Å². The van der Waals surface area contributed by atoms with Crippen LogP contribution in [0.5, 0.6) is 0 Å². The van der Waals surface area contributed by atoms with Gasteiger partial charge in [0.25, 0.3) is 0 Å². The molecule has 0 fully saturated rings. The van der Waals surface area contributed by atoms with Crippen molar-refractivity contribution >= 4 is 44.6 Å². The predicted octanol–water partition coefficient (Wildman–Crippen LogP) is 10.7. The molecule has 0 atom stereocenters. The molecule has 7 aromatic carbocycles. The first-order valence-electron chi connectivity index (χ1n) is 15.7. The molecule has 0 amide bonds. The van der Waals surface area contributed by atoms with E-state index in [1.807, 2.05) is 60.7 Å². The number of hydrogen-bond acceptors (Lipinski definition) is 3. The fourth-order valence-electron chi connectivity index (χ4n) is 6.43. The predicted molar refractivity (Wildman–Crippen MR) is 196 cm³/mol. The Labute approximate surface area is 278 Å². The first-order valence-corrected chi connectivity index (χ1v) is 17.4. The van der Waals surface area contributed by atoms with E-state index in [1.54, 1.807) is 0 Å². The summed E-state index contributed by atoms with van der Waals surface area (Å²) in [4.78, 5) is 14.9. The number of nitrogens with zero attached hydrogens (tertiary/aromatic N) is 3. The van der Waals surface area contributed by atoms with Gasteiger partial charge < -0.3 is 0 Å². The average Bonchev–Trinajstić information content (AvgIpc) is 3.54. The summed E-state index contributed by atoms with van der Waals surface area (Å²) < 4.78 is 2.92. The maximum Gasteiger partial charge on any atom is -0.0512 e. The molecule has 0 aliphatic rings. The molecule has 0 saturated carbocycles. The van der Waals surface area contributed by atoms with Crippen LogP contribution in [0.25, 0.3) is 86.5 Å². The molecule has 0 N–H and O–H groups in total. The maximum atomic E-state index is 4.99. The molecule has 0 aliphatic heterocycles. The molecule has 9 rings (SSSR count). The quantitative estimate of drug-likeness (QED) is 0.172. The van der Waals surface area contributed by atoms with Gasteiger partial charge in [0, 0.05) is 0 Å². The Kier molecular flexibility index (Phi) is 6.82. The fourth-order valence-corrected chi connectivity index (χ4v) is 9.02. The maximum absolute atomic E-state index is 4.99. The van der Waals surface area contributed by atoms with Gasteiger partial charge in [-0.15, -0.1) is 0 Å². The summed E-state index contributed by atoms with van der Waals surface area (Å²) >= 11 is 0.255. The van der Waals surface area contributed by atoms with E-state index in [4.69, 9.17) is 15.0 Å². The number of aromatic nitrogens is 3. The van der Waals surface area contributed by atoms with Crippen molar-refractivity contribution in [3.63, 3.8) is 0 Å². The molecule has 0 aliphatic carbocycles. The molecular formula is C43H27N3Se. The molecule has 2 aromatic heterocycles. The van der Waals surface area contributed by atoms with Gasteiger partial charge in [0.2, 0.25) is 0 Å². The van der Waals surface area contributed by atoms with Crippen LogP contribution in [0.3, 0.4) is 0 Å². The number of hydrogen-bond donors (Lipinski definition) is 0. The van der Waals surface area contributed by atoms with E-state index in [0.717, 1.165) is 22.3 Å². The largest absolute Gasteiger partial charge is 0.0615 e. The summed E-state index contributed by atoms with van der Waals surface area (Å²) in [5.74, 6) is 1.98. The normalized spacial score (nSPS) is 11.4. The van der Waals surface area contributed by atoms with Crippen LogP contribution in [0.15, 0.2) is 164 Å². The Balaban J connectivity index is 1.22. The van der Waals surface area contributed by atoms with Crippen LogP contribution in [0.1, 0.15) is 0 Å². The van der Waals surface area contributed by atoms with Crippen molar-refractivity contribution in [1.29, 1.82) is 0 Å². The summed E-state index contributed by atoms with van der Waals surface area (Å²) in [6, 6.07) is 57.9. The first kappa shape index (κ1) is 27.6. The molecule has 3 nitrogen and oxygen atoms in total. The Morgan fingerprint density at radius 2 is 0.894 bits per heavy atom. The van der Waals surface area contributed by atoms with Crippen molar-refractivity contribution in [2.75, 3.05) is 0 Å². The molecule has 0 unspecified atom stereocenters. The Bertz CT molecular complexity index is 2510. The monoisotopic (exact) mass is 665 g/mol. The van der Waals surface area contributed by atoms with Gasteiger partial charge in [0.1, 0.15) is 0 Å². The summed E-state index contributed by atoms with van der Waals surface area (Å²) in [5.41, 5.74) is 7.76. The van der Waals surface area contributed by atoms with Crippen molar-refractivity contribution in [1.82, 2.24) is 15.0 Å². The molecule has 0 radical (unpaired) electrons. The van der Waals surface area contributed by atoms with Gasteiger partial charge in [-0.2, -0.15) is 0 Å². The van der Waals surface area contributed by atoms with E-state index in [9.17, 15) is 0 Å². The molecule has 4 heteroatoms. The minimum atomic E-state index is 0.255. The van der Waals surface area contributed by atoms with Crippen molar-refractivity contribution in [3.05, 3.63) is 164 Å². The second-order valence-electron chi connectivity index (χ2n) is 11.6. The van der Waals surface area contributed by atoms with Gasteiger partial charge >= 0.3 is 219 Å². The number of rotatable bonds is 5. The molecule has 9 aromatic rings. The fraction of sp³-hybridized carbons (Fsp3) is 0. The Hall–Kier alpha value is -5.67. The zero-order chi connectivity index (χ0) is 31.2. The summed E-state index contributed by atoms with van der Waals surface area (Å²) in [5, 5.41) is 5.24. The van der Waals surface area contributed by atoms with Gasteiger partial charge in [-0.25, -0.2) is 0 Å². The molecule has 0 spiro atoms. The summed E-state index contributed by atoms with van der Waals surface area (Å²) in [6.07, 6.45) is 0. The van der Waals surface area contributed by atoms with Crippen LogP contribution >= 0.6 is 0 Å². The van der Waals surface area contributed by atoms with Crippen molar-refractivity contribution in [2.24, 2.45) is 0 Å². The minimum absolute atomic E-state index is 0.255. The zero-order valence-electron chi connectivity index (χ0n) is 25.3. The van der Waals surface area contributed by atoms with Gasteiger partial charge in [0.15, 0.2) is 0 Å². The van der Waals surface area contributed by atoms with E-state index < -0.39 is 0 Å². The van der Waals surface area contributed by atoms with Crippen molar-refractivity contribution in [3.8, 4) is 56.4 Å². The van der Waals surface area contributed by atoms with Crippen molar-refractivity contribution in [2.45, 2.75) is 0 Å². The topological polar surface area (TPSA) is 38.7 Å². The van der Waals surface area contributed by atoms with Gasteiger partial charge in [-0.3, -0.25) is 0 Å². The van der Waals surface area contributed by atoms with Crippen LogP contribution in [-0.4, -0.2) is 29.5 Å². The van der Waals surface area contributed by atoms with Crippen molar-refractivity contribution < 1.29 is 0 Å². The van der Waals surface area contributed by atoms with Crippen LogP contribution < -0.4 is 0 Å². The number of benzene rings is 7. The van der Waals surface area contributed by atoms with Crippen LogP contribution in [0, 0.1) is 0 Å². The zero-order valence-corrected chi connectivity index (χ0v) is 27.1. The van der Waals surface area contributed by atoms with E-state index in [1.165, 1.54) is 46.8 Å². The second-order valence-corrected chi connectivity index (χ2v) is 13.9. The molecule has 220 valence electrons. The Morgan fingerprint density at radius 1 is 0.340 bits per heavy atom. The number of fused-ring (bicyclic) bond motifs is 4. The average molecular weight is 665 g/mol. The molecular weight excluding hydrogens is 637 g/mol. The van der Waals surface area contributed by atoms with Crippen LogP contribution in [0.2, 0.25) is 0 Å². The summed E-state index contributed by atoms with van der Waals surface area (Å²) in [7, 11) is 0. The smallest absolute Gasteiger partial charge is 0.0512 e. The third-order valence-electron chi connectivity index (χ3n) is 8.71. The van der Waals surface area contributed by atoms with Crippen LogP contribution in [-0.2, 0) is 0 Å². The van der Waals surface area contributed by atoms with E-state index in [0.29, 0.717) is 17.5 Å². The Morgan fingerprint density at radius 3 is 1.64 bits per heavy atom. The van der Waals surface area contributed by atoms with Gasteiger partial charge in [-0.05, 0) is 0 Å². The van der Waals surface area contributed by atoms with Gasteiger partial charge in [-0.1, -0.05) is 60.7 Å². The third-order valence-corrected chi connectivity index (χ3v) is 11.3. The first-order chi connectivity index (χ1) is 23.3. The molecule has 47 heavy (non-hydrogen) atoms. The molecule has 0 bridgehead atoms. The standard InChI is InChI=1S/C43H27N3Se/c1-3-13-28(14-4-1)41-44-42(29-15-5-2-6-16-29)46-43(45-41)32-19-11-18-30(25-32)33-26-31-17-7-8-20-34(31)38(27-33)37-23-12-22-36-35-21-9-10-24-39(35)47-40(36)37/h1-27H. The molecule has 2 heterocycles.